The van der Waals surface area contributed by atoms with E-state index in [1.165, 1.54) is 24.2 Å². The Morgan fingerprint density at radius 1 is 0.960 bits per heavy atom. The Bertz CT molecular complexity index is 679. The molecule has 4 nitrogen and oxygen atoms in total. The molecule has 0 unspecified atom stereocenters. The van der Waals surface area contributed by atoms with E-state index >= 15 is 0 Å². The third kappa shape index (κ3) is 5.69. The van der Waals surface area contributed by atoms with Crippen molar-refractivity contribution < 1.29 is 14.6 Å². The molecule has 2 aromatic rings. The number of benzene rings is 2. The lowest BCUT2D eigenvalue weighted by molar-refractivity contribution is -1.02. The number of rotatable bonds is 6. The van der Waals surface area contributed by atoms with Gasteiger partial charge in [0.1, 0.15) is 32.7 Å². The summed E-state index contributed by atoms with van der Waals surface area (Å²) in [6, 6.07) is 18.7. The van der Waals surface area contributed by atoms with Crippen LogP contribution in [0, 0.1) is 6.92 Å². The Morgan fingerprint density at radius 3 is 2.40 bits per heavy atom. The number of hydrogen-bond donors (Lipinski definition) is 3. The summed E-state index contributed by atoms with van der Waals surface area (Å²) in [4.78, 5) is 15.3. The van der Waals surface area contributed by atoms with E-state index in [-0.39, 0.29) is 5.91 Å². The molecule has 3 N–H and O–H groups in total. The molecule has 1 fully saturated rings. The van der Waals surface area contributed by atoms with Crippen molar-refractivity contribution in [1.29, 1.82) is 0 Å². The first-order valence-corrected chi connectivity index (χ1v) is 9.26. The van der Waals surface area contributed by atoms with Crippen LogP contribution in [-0.2, 0) is 11.3 Å². The van der Waals surface area contributed by atoms with Gasteiger partial charge in [-0.15, -0.1) is 0 Å². The Morgan fingerprint density at radius 2 is 1.68 bits per heavy atom. The summed E-state index contributed by atoms with van der Waals surface area (Å²) in [6.45, 7) is 8.75. The van der Waals surface area contributed by atoms with Crippen LogP contribution < -0.4 is 15.1 Å². The van der Waals surface area contributed by atoms with Gasteiger partial charge in [-0.3, -0.25) is 4.79 Å². The number of anilines is 1. The Kier molecular flexibility index (Phi) is 6.20. The first kappa shape index (κ1) is 17.6. The molecular formula is C21H29N3O+2. The zero-order chi connectivity index (χ0) is 17.5. The topological polar surface area (TPSA) is 38.0 Å². The largest absolute Gasteiger partial charge is 0.326 e. The number of quaternary nitrogens is 2. The van der Waals surface area contributed by atoms with Gasteiger partial charge in [-0.1, -0.05) is 42.5 Å². The maximum atomic E-state index is 12.1. The number of hydrogen-bond acceptors (Lipinski definition) is 1. The van der Waals surface area contributed by atoms with Crippen LogP contribution in [0.3, 0.4) is 0 Å². The van der Waals surface area contributed by atoms with Gasteiger partial charge in [-0.05, 0) is 24.6 Å². The van der Waals surface area contributed by atoms with Crippen LogP contribution in [0.15, 0.2) is 54.6 Å². The molecule has 0 bridgehead atoms. The molecule has 0 saturated carbocycles. The monoisotopic (exact) mass is 339 g/mol. The normalized spacial score (nSPS) is 20.2. The van der Waals surface area contributed by atoms with Crippen molar-refractivity contribution in [2.75, 3.05) is 38.0 Å². The van der Waals surface area contributed by atoms with Gasteiger partial charge in [-0.2, -0.15) is 0 Å². The van der Waals surface area contributed by atoms with Gasteiger partial charge in [0.25, 0.3) is 0 Å². The number of piperazine rings is 1. The van der Waals surface area contributed by atoms with Crippen LogP contribution in [0.25, 0.3) is 0 Å². The molecule has 0 aliphatic carbocycles. The van der Waals surface area contributed by atoms with Crippen LogP contribution in [0.5, 0.6) is 0 Å². The number of carbonyl (C=O) groups excluding carboxylic acids is 1. The maximum Gasteiger partial charge on any atom is 0.230 e. The molecule has 1 heterocycles. The predicted molar refractivity (Wildman–Crippen MR) is 101 cm³/mol. The average Bonchev–Trinajstić information content (AvgIpc) is 2.62. The van der Waals surface area contributed by atoms with Crippen molar-refractivity contribution in [3.8, 4) is 0 Å². The predicted octanol–water partition coefficient (Wildman–Crippen LogP) is 0.307. The minimum absolute atomic E-state index is 0.122. The van der Waals surface area contributed by atoms with Crippen LogP contribution in [0.4, 0.5) is 5.69 Å². The maximum absolute atomic E-state index is 12.1. The molecule has 0 spiro atoms. The molecule has 0 aromatic heterocycles. The van der Waals surface area contributed by atoms with E-state index in [1.54, 1.807) is 9.80 Å². The lowest BCUT2D eigenvalue weighted by Gasteiger charge is -2.29. The molecule has 2 aromatic carbocycles. The van der Waals surface area contributed by atoms with E-state index in [4.69, 9.17) is 0 Å². The minimum Gasteiger partial charge on any atom is -0.326 e. The van der Waals surface area contributed by atoms with Crippen LogP contribution in [-0.4, -0.2) is 38.6 Å². The summed E-state index contributed by atoms with van der Waals surface area (Å²) in [5.41, 5.74) is 3.48. The fourth-order valence-corrected chi connectivity index (χ4v) is 3.51. The molecule has 4 heteroatoms. The van der Waals surface area contributed by atoms with Gasteiger partial charge in [0, 0.05) is 11.3 Å². The average molecular weight is 339 g/mol. The van der Waals surface area contributed by atoms with Gasteiger partial charge in [0.15, 0.2) is 0 Å². The van der Waals surface area contributed by atoms with Gasteiger partial charge >= 0.3 is 0 Å². The molecule has 0 atom stereocenters. The van der Waals surface area contributed by atoms with Gasteiger partial charge < -0.3 is 15.1 Å². The molecule has 1 saturated heterocycles. The summed E-state index contributed by atoms with van der Waals surface area (Å²) < 4.78 is 0. The molecule has 3 rings (SSSR count). The number of carbonyl (C=O) groups is 1. The fourth-order valence-electron chi connectivity index (χ4n) is 3.51. The second kappa shape index (κ2) is 8.79. The molecule has 25 heavy (non-hydrogen) atoms. The van der Waals surface area contributed by atoms with E-state index in [2.05, 4.69) is 35.6 Å². The highest BCUT2D eigenvalue weighted by Gasteiger charge is 2.23. The standard InChI is InChI=1S/C21H27N3O/c1-18-6-5-9-20(16-18)22-21(25)10-11-23-12-14-24(15-13-23)17-19-7-3-2-4-8-19/h2-9,16H,10-15,17H2,1H3,(H,22,25)/p+2. The van der Waals surface area contributed by atoms with Crippen molar-refractivity contribution in [3.63, 3.8) is 0 Å². The van der Waals surface area contributed by atoms with Gasteiger partial charge in [0.05, 0.1) is 13.0 Å². The van der Waals surface area contributed by atoms with Crippen molar-refractivity contribution in [2.24, 2.45) is 0 Å². The minimum atomic E-state index is 0.122. The SMILES string of the molecule is Cc1cccc(NC(=O)CC[NH+]2CC[NH+](Cc3ccccc3)CC2)c1. The summed E-state index contributed by atoms with van der Waals surface area (Å²) >= 11 is 0. The fraction of sp³-hybridized carbons (Fsp3) is 0.381. The zero-order valence-electron chi connectivity index (χ0n) is 15.1. The highest BCUT2D eigenvalue weighted by Crippen LogP contribution is 2.09. The smallest absolute Gasteiger partial charge is 0.230 e. The van der Waals surface area contributed by atoms with Crippen molar-refractivity contribution >= 4 is 11.6 Å². The molecule has 1 aliphatic rings. The molecule has 132 valence electrons. The van der Waals surface area contributed by atoms with E-state index in [9.17, 15) is 4.79 Å². The van der Waals surface area contributed by atoms with Gasteiger partial charge in [-0.25, -0.2) is 0 Å². The summed E-state index contributed by atoms with van der Waals surface area (Å²) in [5.74, 6) is 0.122. The highest BCUT2D eigenvalue weighted by atomic mass is 16.1. The first-order valence-electron chi connectivity index (χ1n) is 9.26. The number of nitrogens with one attached hydrogen (secondary N) is 3. The lowest BCUT2D eigenvalue weighted by Crippen LogP contribution is -3.27. The van der Waals surface area contributed by atoms with Crippen molar-refractivity contribution in [3.05, 3.63) is 65.7 Å². The summed E-state index contributed by atoms with van der Waals surface area (Å²) in [5, 5.41) is 3.01. The van der Waals surface area contributed by atoms with E-state index < -0.39 is 0 Å². The summed E-state index contributed by atoms with van der Waals surface area (Å²) in [6.07, 6.45) is 0.595. The van der Waals surface area contributed by atoms with Crippen LogP contribution in [0.2, 0.25) is 0 Å². The Balaban J connectivity index is 1.37. The van der Waals surface area contributed by atoms with E-state index in [0.717, 1.165) is 31.9 Å². The third-order valence-electron chi connectivity index (χ3n) is 4.97. The van der Waals surface area contributed by atoms with Crippen LogP contribution >= 0.6 is 0 Å². The van der Waals surface area contributed by atoms with Gasteiger partial charge in [0.2, 0.25) is 5.91 Å². The molecule has 0 radical (unpaired) electrons. The summed E-state index contributed by atoms with van der Waals surface area (Å²) in [7, 11) is 0. The zero-order valence-corrected chi connectivity index (χ0v) is 15.1. The highest BCUT2D eigenvalue weighted by molar-refractivity contribution is 5.90. The number of amides is 1. The molecule has 1 aliphatic heterocycles. The third-order valence-corrected chi connectivity index (χ3v) is 4.97. The second-order valence-corrected chi connectivity index (χ2v) is 7.08. The van der Waals surface area contributed by atoms with Crippen molar-refractivity contribution in [2.45, 2.75) is 19.9 Å². The Hall–Kier alpha value is -2.17. The van der Waals surface area contributed by atoms with Crippen molar-refractivity contribution in [1.82, 2.24) is 0 Å². The Labute approximate surface area is 150 Å². The molecule has 1 amide bonds. The second-order valence-electron chi connectivity index (χ2n) is 7.08. The lowest BCUT2D eigenvalue weighted by atomic mass is 10.2. The first-order chi connectivity index (χ1) is 12.2. The van der Waals surface area contributed by atoms with E-state index in [1.807, 2.05) is 31.2 Å². The quantitative estimate of drug-likeness (QED) is 0.696. The van der Waals surface area contributed by atoms with Crippen LogP contribution in [0.1, 0.15) is 17.5 Å². The number of aryl methyl sites for hydroxylation is 1. The molecular weight excluding hydrogens is 310 g/mol. The van der Waals surface area contributed by atoms with E-state index in [0.29, 0.717) is 6.42 Å².